The standard InChI is InChI=1S/C24H25NO3S/c1-17(22-11-5-8-19-6-2-3-10-23(19)22)25-24(26)14-15-29(27,28)21-13-12-18-7-4-9-20(18)16-21/h2-3,5-6,8,10-13,16-17H,4,7,9,14-15H2,1H3,(H,25,26). The molecule has 0 aliphatic heterocycles. The van der Waals surface area contributed by atoms with Gasteiger partial charge in [0.05, 0.1) is 16.7 Å². The molecule has 0 saturated heterocycles. The van der Waals surface area contributed by atoms with Crippen molar-refractivity contribution in [3.05, 3.63) is 77.4 Å². The number of hydrogen-bond acceptors (Lipinski definition) is 3. The van der Waals surface area contributed by atoms with E-state index in [1.54, 1.807) is 12.1 Å². The van der Waals surface area contributed by atoms with Crippen LogP contribution >= 0.6 is 0 Å². The Labute approximate surface area is 171 Å². The Kier molecular flexibility index (Phi) is 5.41. The third kappa shape index (κ3) is 4.20. The maximum Gasteiger partial charge on any atom is 0.221 e. The summed E-state index contributed by atoms with van der Waals surface area (Å²) in [5, 5.41) is 5.16. The molecule has 1 aliphatic rings. The summed E-state index contributed by atoms with van der Waals surface area (Å²) in [5.74, 6) is -0.435. The number of hydrogen-bond donors (Lipinski definition) is 1. The summed E-state index contributed by atoms with van der Waals surface area (Å²) in [6, 6.07) is 19.2. The summed E-state index contributed by atoms with van der Waals surface area (Å²) in [5.41, 5.74) is 3.39. The van der Waals surface area contributed by atoms with Crippen LogP contribution in [-0.2, 0) is 27.5 Å². The molecule has 1 N–H and O–H groups in total. The molecule has 0 bridgehead atoms. The van der Waals surface area contributed by atoms with E-state index in [1.165, 1.54) is 5.56 Å². The zero-order chi connectivity index (χ0) is 20.4. The summed E-state index contributed by atoms with van der Waals surface area (Å²) in [6.07, 6.45) is 2.98. The lowest BCUT2D eigenvalue weighted by Crippen LogP contribution is -2.28. The first kappa shape index (κ1) is 19.6. The van der Waals surface area contributed by atoms with Gasteiger partial charge in [0, 0.05) is 6.42 Å². The predicted octanol–water partition coefficient (Wildman–Crippen LogP) is 4.37. The highest BCUT2D eigenvalue weighted by molar-refractivity contribution is 7.91. The Hall–Kier alpha value is -2.66. The largest absolute Gasteiger partial charge is 0.350 e. The van der Waals surface area contributed by atoms with E-state index >= 15 is 0 Å². The number of nitrogens with one attached hydrogen (secondary N) is 1. The molecule has 5 heteroatoms. The molecule has 1 atom stereocenters. The molecule has 0 spiro atoms. The molecule has 0 heterocycles. The van der Waals surface area contributed by atoms with Crippen LogP contribution in [0.25, 0.3) is 10.8 Å². The molecular weight excluding hydrogens is 382 g/mol. The number of aryl methyl sites for hydroxylation is 2. The highest BCUT2D eigenvalue weighted by Gasteiger charge is 2.20. The molecule has 4 rings (SSSR count). The molecular formula is C24H25NO3S. The fourth-order valence-electron chi connectivity index (χ4n) is 4.11. The number of carbonyl (C=O) groups excluding carboxylic acids is 1. The van der Waals surface area contributed by atoms with Gasteiger partial charge in [-0.2, -0.15) is 0 Å². The van der Waals surface area contributed by atoms with Crippen molar-refractivity contribution in [2.45, 2.75) is 43.5 Å². The molecule has 3 aromatic carbocycles. The molecule has 1 amide bonds. The van der Waals surface area contributed by atoms with Crippen LogP contribution in [0, 0.1) is 0 Å². The average molecular weight is 408 g/mol. The summed E-state index contributed by atoms with van der Waals surface area (Å²) in [4.78, 5) is 12.8. The van der Waals surface area contributed by atoms with Crippen LogP contribution in [0.2, 0.25) is 0 Å². The van der Waals surface area contributed by atoms with Gasteiger partial charge in [-0.05, 0) is 65.8 Å². The third-order valence-electron chi connectivity index (χ3n) is 5.69. The molecule has 29 heavy (non-hydrogen) atoms. The second-order valence-corrected chi connectivity index (χ2v) is 9.82. The lowest BCUT2D eigenvalue weighted by atomic mass is 9.99. The normalized spacial score (nSPS) is 14.5. The van der Waals surface area contributed by atoms with Gasteiger partial charge in [0.1, 0.15) is 0 Å². The Morgan fingerprint density at radius 1 is 1.00 bits per heavy atom. The maximum absolute atomic E-state index is 12.7. The second kappa shape index (κ2) is 7.99. The highest BCUT2D eigenvalue weighted by Crippen LogP contribution is 2.26. The molecule has 0 fully saturated rings. The van der Waals surface area contributed by atoms with Crippen molar-refractivity contribution < 1.29 is 13.2 Å². The van der Waals surface area contributed by atoms with Gasteiger partial charge in [-0.15, -0.1) is 0 Å². The van der Waals surface area contributed by atoms with Crippen LogP contribution in [0.15, 0.2) is 65.6 Å². The maximum atomic E-state index is 12.7. The van der Waals surface area contributed by atoms with Gasteiger partial charge >= 0.3 is 0 Å². The Bertz CT molecular complexity index is 1160. The quantitative estimate of drug-likeness (QED) is 0.660. The van der Waals surface area contributed by atoms with Crippen LogP contribution in [0.4, 0.5) is 0 Å². The van der Waals surface area contributed by atoms with Gasteiger partial charge in [0.15, 0.2) is 9.84 Å². The van der Waals surface area contributed by atoms with Crippen LogP contribution in [0.3, 0.4) is 0 Å². The average Bonchev–Trinajstić information content (AvgIpc) is 3.20. The minimum Gasteiger partial charge on any atom is -0.350 e. The van der Waals surface area contributed by atoms with Crippen LogP contribution in [0.1, 0.15) is 42.5 Å². The number of carbonyl (C=O) groups is 1. The Morgan fingerprint density at radius 3 is 2.62 bits per heavy atom. The number of amides is 1. The van der Waals surface area contributed by atoms with E-state index in [9.17, 15) is 13.2 Å². The third-order valence-corrected chi connectivity index (χ3v) is 7.41. The molecule has 4 nitrogen and oxygen atoms in total. The van der Waals surface area contributed by atoms with Gasteiger partial charge in [-0.25, -0.2) is 8.42 Å². The first-order valence-electron chi connectivity index (χ1n) is 10.1. The van der Waals surface area contributed by atoms with Crippen molar-refractivity contribution >= 4 is 26.5 Å². The molecule has 1 unspecified atom stereocenters. The number of rotatable bonds is 6. The lowest BCUT2D eigenvalue weighted by Gasteiger charge is -2.17. The molecule has 0 aromatic heterocycles. The fourth-order valence-corrected chi connectivity index (χ4v) is 5.39. The molecule has 0 saturated carbocycles. The van der Waals surface area contributed by atoms with Crippen LogP contribution in [-0.4, -0.2) is 20.1 Å². The monoisotopic (exact) mass is 407 g/mol. The van der Waals surface area contributed by atoms with Crippen molar-refractivity contribution in [1.29, 1.82) is 0 Å². The highest BCUT2D eigenvalue weighted by atomic mass is 32.2. The van der Waals surface area contributed by atoms with E-state index < -0.39 is 9.84 Å². The number of sulfone groups is 1. The van der Waals surface area contributed by atoms with Crippen molar-refractivity contribution in [1.82, 2.24) is 5.32 Å². The van der Waals surface area contributed by atoms with Gasteiger partial charge in [0.25, 0.3) is 0 Å². The van der Waals surface area contributed by atoms with E-state index in [1.807, 2.05) is 55.5 Å². The van der Waals surface area contributed by atoms with Gasteiger partial charge in [-0.3, -0.25) is 4.79 Å². The van der Waals surface area contributed by atoms with Crippen molar-refractivity contribution in [2.24, 2.45) is 0 Å². The first-order chi connectivity index (χ1) is 13.9. The van der Waals surface area contributed by atoms with Crippen molar-refractivity contribution in [2.75, 3.05) is 5.75 Å². The van der Waals surface area contributed by atoms with Gasteiger partial charge in [-0.1, -0.05) is 48.5 Å². The van der Waals surface area contributed by atoms with Crippen molar-refractivity contribution in [3.8, 4) is 0 Å². The van der Waals surface area contributed by atoms with E-state index in [0.29, 0.717) is 4.90 Å². The summed E-state index contributed by atoms with van der Waals surface area (Å²) in [6.45, 7) is 1.93. The second-order valence-electron chi connectivity index (χ2n) is 7.71. The minimum atomic E-state index is -3.47. The Morgan fingerprint density at radius 2 is 1.76 bits per heavy atom. The molecule has 150 valence electrons. The topological polar surface area (TPSA) is 63.2 Å². The van der Waals surface area contributed by atoms with E-state index in [4.69, 9.17) is 0 Å². The van der Waals surface area contributed by atoms with Gasteiger partial charge in [0.2, 0.25) is 5.91 Å². The minimum absolute atomic E-state index is 0.0471. The van der Waals surface area contributed by atoms with E-state index in [0.717, 1.165) is 41.2 Å². The number of benzene rings is 3. The van der Waals surface area contributed by atoms with E-state index in [2.05, 4.69) is 5.32 Å². The molecule has 3 aromatic rings. The smallest absolute Gasteiger partial charge is 0.221 e. The van der Waals surface area contributed by atoms with E-state index in [-0.39, 0.29) is 24.1 Å². The predicted molar refractivity (Wildman–Crippen MR) is 116 cm³/mol. The lowest BCUT2D eigenvalue weighted by molar-refractivity contribution is -0.121. The number of fused-ring (bicyclic) bond motifs is 2. The van der Waals surface area contributed by atoms with Gasteiger partial charge < -0.3 is 5.32 Å². The SMILES string of the molecule is CC(NC(=O)CCS(=O)(=O)c1ccc2c(c1)CCC2)c1cccc2ccccc12. The summed E-state index contributed by atoms with van der Waals surface area (Å²) >= 11 is 0. The fraction of sp³-hybridized carbons (Fsp3) is 0.292. The summed E-state index contributed by atoms with van der Waals surface area (Å²) in [7, 11) is -3.47. The van der Waals surface area contributed by atoms with Crippen molar-refractivity contribution in [3.63, 3.8) is 0 Å². The van der Waals surface area contributed by atoms with Crippen LogP contribution in [0.5, 0.6) is 0 Å². The first-order valence-corrected chi connectivity index (χ1v) is 11.7. The Balaban J connectivity index is 1.42. The zero-order valence-corrected chi connectivity index (χ0v) is 17.3. The van der Waals surface area contributed by atoms with Crippen LogP contribution < -0.4 is 5.32 Å². The summed E-state index contributed by atoms with van der Waals surface area (Å²) < 4.78 is 25.4. The zero-order valence-electron chi connectivity index (χ0n) is 16.5. The molecule has 1 aliphatic carbocycles. The molecule has 0 radical (unpaired) electrons.